The molecule has 1 aromatic carbocycles. The molecule has 0 saturated carbocycles. The summed E-state index contributed by atoms with van der Waals surface area (Å²) in [4.78, 5) is 23.6. The molecule has 0 radical (unpaired) electrons. The predicted octanol–water partition coefficient (Wildman–Crippen LogP) is 2.06. The average Bonchev–Trinajstić information content (AvgIpc) is 2.34. The summed E-state index contributed by atoms with van der Waals surface area (Å²) in [6.45, 7) is 5.25. The summed E-state index contributed by atoms with van der Waals surface area (Å²) in [6.07, 6.45) is 0. The molecule has 0 aromatic heterocycles. The van der Waals surface area contributed by atoms with Crippen molar-refractivity contribution in [1.82, 2.24) is 5.32 Å². The minimum atomic E-state index is -0.720. The molecular formula is C14H18FNO3. The number of aryl methyl sites for hydroxylation is 1. The summed E-state index contributed by atoms with van der Waals surface area (Å²) in [6, 6.07) is 3.17. The summed E-state index contributed by atoms with van der Waals surface area (Å²) >= 11 is 0. The average molecular weight is 267 g/mol. The first-order valence-corrected chi connectivity index (χ1v) is 6.01. The Morgan fingerprint density at radius 3 is 2.42 bits per heavy atom. The van der Waals surface area contributed by atoms with Crippen LogP contribution in [-0.2, 0) is 9.53 Å². The number of carbonyl (C=O) groups excluding carboxylic acids is 2. The number of benzene rings is 1. The molecular weight excluding hydrogens is 249 g/mol. The number of esters is 1. The maximum atomic E-state index is 13.0. The lowest BCUT2D eigenvalue weighted by molar-refractivity contribution is -0.144. The van der Waals surface area contributed by atoms with Crippen LogP contribution >= 0.6 is 0 Å². The van der Waals surface area contributed by atoms with Gasteiger partial charge in [-0.1, -0.05) is 13.8 Å². The molecule has 0 bridgehead atoms. The van der Waals surface area contributed by atoms with Crippen LogP contribution in [0, 0.1) is 18.7 Å². The molecule has 0 aliphatic heterocycles. The van der Waals surface area contributed by atoms with E-state index in [-0.39, 0.29) is 5.92 Å². The van der Waals surface area contributed by atoms with Crippen LogP contribution in [0.5, 0.6) is 0 Å². The Balaban J connectivity index is 2.91. The summed E-state index contributed by atoms with van der Waals surface area (Å²) < 4.78 is 17.6. The molecule has 4 nitrogen and oxygen atoms in total. The zero-order valence-corrected chi connectivity index (χ0v) is 11.5. The van der Waals surface area contributed by atoms with Crippen molar-refractivity contribution in [3.63, 3.8) is 0 Å². The first kappa shape index (κ1) is 15.1. The highest BCUT2D eigenvalue weighted by atomic mass is 19.1. The van der Waals surface area contributed by atoms with Crippen molar-refractivity contribution >= 4 is 11.9 Å². The summed E-state index contributed by atoms with van der Waals surface area (Å²) in [5, 5.41) is 2.61. The fraction of sp³-hybridized carbons (Fsp3) is 0.429. The standard InChI is InChI=1S/C14H18FNO3/c1-8(2)12(14(18)19-4)16-13(17)11-6-5-10(15)7-9(11)3/h5-8,12H,1-4H3,(H,16,17)/t12-/m0/s1. The fourth-order valence-electron chi connectivity index (χ4n) is 1.73. The lowest BCUT2D eigenvalue weighted by atomic mass is 10.0. The largest absolute Gasteiger partial charge is 0.467 e. The number of carbonyl (C=O) groups is 2. The normalized spacial score (nSPS) is 12.1. The van der Waals surface area contributed by atoms with Gasteiger partial charge in [0.15, 0.2) is 0 Å². The van der Waals surface area contributed by atoms with Crippen molar-refractivity contribution in [2.45, 2.75) is 26.8 Å². The molecule has 0 saturated heterocycles. The van der Waals surface area contributed by atoms with Crippen LogP contribution in [0.1, 0.15) is 29.8 Å². The maximum absolute atomic E-state index is 13.0. The number of nitrogens with one attached hydrogen (secondary N) is 1. The third kappa shape index (κ3) is 3.77. The van der Waals surface area contributed by atoms with Gasteiger partial charge in [0.2, 0.25) is 0 Å². The van der Waals surface area contributed by atoms with Gasteiger partial charge in [-0.25, -0.2) is 9.18 Å². The topological polar surface area (TPSA) is 55.4 Å². The number of methoxy groups -OCH3 is 1. The van der Waals surface area contributed by atoms with E-state index in [4.69, 9.17) is 0 Å². The Labute approximate surface area is 112 Å². The number of rotatable bonds is 4. The van der Waals surface area contributed by atoms with Crippen LogP contribution < -0.4 is 5.32 Å². The van der Waals surface area contributed by atoms with Gasteiger partial charge < -0.3 is 10.1 Å². The van der Waals surface area contributed by atoms with E-state index < -0.39 is 23.7 Å². The number of hydrogen-bond donors (Lipinski definition) is 1. The van der Waals surface area contributed by atoms with E-state index in [1.54, 1.807) is 20.8 Å². The van der Waals surface area contributed by atoms with Crippen molar-refractivity contribution in [2.24, 2.45) is 5.92 Å². The second-order valence-electron chi connectivity index (χ2n) is 4.68. The molecule has 1 rings (SSSR count). The number of hydrogen-bond acceptors (Lipinski definition) is 3. The molecule has 1 atom stereocenters. The molecule has 1 aromatic rings. The maximum Gasteiger partial charge on any atom is 0.328 e. The lowest BCUT2D eigenvalue weighted by Crippen LogP contribution is -2.45. The zero-order chi connectivity index (χ0) is 14.6. The van der Waals surface area contributed by atoms with E-state index in [1.807, 2.05) is 0 Å². The van der Waals surface area contributed by atoms with Crippen molar-refractivity contribution in [1.29, 1.82) is 0 Å². The highest BCUT2D eigenvalue weighted by Crippen LogP contribution is 2.12. The molecule has 1 amide bonds. The van der Waals surface area contributed by atoms with Gasteiger partial charge in [-0.15, -0.1) is 0 Å². The minimum absolute atomic E-state index is 0.0999. The summed E-state index contributed by atoms with van der Waals surface area (Å²) in [7, 11) is 1.27. The lowest BCUT2D eigenvalue weighted by Gasteiger charge is -2.20. The molecule has 0 spiro atoms. The second kappa shape index (κ2) is 6.31. The molecule has 0 unspecified atom stereocenters. The Kier molecular flexibility index (Phi) is 5.03. The van der Waals surface area contributed by atoms with E-state index in [9.17, 15) is 14.0 Å². The quantitative estimate of drug-likeness (QED) is 0.850. The molecule has 0 aliphatic rings. The number of ether oxygens (including phenoxy) is 1. The first-order valence-electron chi connectivity index (χ1n) is 6.01. The highest BCUT2D eigenvalue weighted by Gasteiger charge is 2.25. The van der Waals surface area contributed by atoms with Gasteiger partial charge in [0.25, 0.3) is 5.91 Å². The van der Waals surface area contributed by atoms with E-state index in [0.717, 1.165) is 0 Å². The van der Waals surface area contributed by atoms with E-state index >= 15 is 0 Å². The highest BCUT2D eigenvalue weighted by molar-refractivity contribution is 5.98. The van der Waals surface area contributed by atoms with Gasteiger partial charge in [-0.05, 0) is 36.6 Å². The molecule has 0 fully saturated rings. The van der Waals surface area contributed by atoms with Gasteiger partial charge in [0.05, 0.1) is 7.11 Å². The summed E-state index contributed by atoms with van der Waals surface area (Å²) in [5.41, 5.74) is 0.862. The molecule has 0 aliphatic carbocycles. The Morgan fingerprint density at radius 1 is 1.32 bits per heavy atom. The van der Waals surface area contributed by atoms with E-state index in [0.29, 0.717) is 11.1 Å². The third-order valence-corrected chi connectivity index (χ3v) is 2.84. The van der Waals surface area contributed by atoms with Crippen LogP contribution in [0.3, 0.4) is 0 Å². The zero-order valence-electron chi connectivity index (χ0n) is 11.5. The number of halogens is 1. The molecule has 19 heavy (non-hydrogen) atoms. The van der Waals surface area contributed by atoms with Crippen molar-refractivity contribution in [2.75, 3.05) is 7.11 Å². The fourth-order valence-corrected chi connectivity index (χ4v) is 1.73. The van der Waals surface area contributed by atoms with Gasteiger partial charge in [-0.3, -0.25) is 4.79 Å². The van der Waals surface area contributed by atoms with Crippen LogP contribution in [-0.4, -0.2) is 25.0 Å². The van der Waals surface area contributed by atoms with Gasteiger partial charge in [-0.2, -0.15) is 0 Å². The smallest absolute Gasteiger partial charge is 0.328 e. The Morgan fingerprint density at radius 2 is 1.95 bits per heavy atom. The molecule has 0 heterocycles. The summed E-state index contributed by atoms with van der Waals surface area (Å²) in [5.74, 6) is -1.41. The molecule has 104 valence electrons. The minimum Gasteiger partial charge on any atom is -0.467 e. The van der Waals surface area contributed by atoms with Gasteiger partial charge >= 0.3 is 5.97 Å². The molecule has 1 N–H and O–H groups in total. The molecule has 5 heteroatoms. The van der Waals surface area contributed by atoms with Crippen LogP contribution in [0.25, 0.3) is 0 Å². The van der Waals surface area contributed by atoms with E-state index in [2.05, 4.69) is 10.1 Å². The van der Waals surface area contributed by atoms with Crippen LogP contribution in [0.4, 0.5) is 4.39 Å². The Bertz CT molecular complexity index is 486. The van der Waals surface area contributed by atoms with Gasteiger partial charge in [0, 0.05) is 5.56 Å². The van der Waals surface area contributed by atoms with Crippen LogP contribution in [0.15, 0.2) is 18.2 Å². The van der Waals surface area contributed by atoms with Crippen molar-refractivity contribution in [3.8, 4) is 0 Å². The van der Waals surface area contributed by atoms with Crippen molar-refractivity contribution in [3.05, 3.63) is 35.1 Å². The van der Waals surface area contributed by atoms with Crippen LogP contribution in [0.2, 0.25) is 0 Å². The monoisotopic (exact) mass is 267 g/mol. The van der Waals surface area contributed by atoms with Crippen molar-refractivity contribution < 1.29 is 18.7 Å². The third-order valence-electron chi connectivity index (χ3n) is 2.84. The van der Waals surface area contributed by atoms with Gasteiger partial charge in [0.1, 0.15) is 11.9 Å². The Hall–Kier alpha value is -1.91. The first-order chi connectivity index (χ1) is 8.86. The number of amides is 1. The SMILES string of the molecule is COC(=O)[C@@H](NC(=O)c1ccc(F)cc1C)C(C)C. The second-order valence-corrected chi connectivity index (χ2v) is 4.68. The van der Waals surface area contributed by atoms with E-state index in [1.165, 1.54) is 25.3 Å². The predicted molar refractivity (Wildman–Crippen MR) is 69.2 cm³/mol.